The molecule has 1 amide bonds. The molecule has 0 aromatic heterocycles. The maximum absolute atomic E-state index is 12.8. The molecule has 2 aliphatic heterocycles. The van der Waals surface area contributed by atoms with Crippen molar-refractivity contribution < 1.29 is 15.0 Å². The number of hydrogen-bond donors (Lipinski definition) is 3. The van der Waals surface area contributed by atoms with Gasteiger partial charge < -0.3 is 10.2 Å². The Morgan fingerprint density at radius 1 is 1.30 bits per heavy atom. The zero-order valence-corrected chi connectivity index (χ0v) is 16.6. The molecule has 7 nitrogen and oxygen atoms in total. The van der Waals surface area contributed by atoms with Crippen molar-refractivity contribution in [2.45, 2.75) is 13.1 Å². The Morgan fingerprint density at radius 3 is 2.81 bits per heavy atom. The Hall–Kier alpha value is -2.52. The first kappa shape index (κ1) is 17.9. The predicted molar refractivity (Wildman–Crippen MR) is 106 cm³/mol. The van der Waals surface area contributed by atoms with Crippen LogP contribution in [-0.4, -0.2) is 32.0 Å². The number of thioether (sulfide) groups is 1. The van der Waals surface area contributed by atoms with Gasteiger partial charge in [-0.25, -0.2) is 5.01 Å². The van der Waals surface area contributed by atoms with Crippen LogP contribution in [0.2, 0.25) is 0 Å². The van der Waals surface area contributed by atoms with Crippen LogP contribution in [0.15, 0.2) is 51.0 Å². The van der Waals surface area contributed by atoms with Crippen LogP contribution in [0.3, 0.4) is 0 Å². The molecule has 0 bridgehead atoms. The molecular formula is C18H15BrN4O3S. The van der Waals surface area contributed by atoms with E-state index in [2.05, 4.69) is 26.3 Å². The van der Waals surface area contributed by atoms with Crippen LogP contribution >= 0.6 is 27.7 Å². The van der Waals surface area contributed by atoms with Crippen LogP contribution < -0.4 is 15.9 Å². The van der Waals surface area contributed by atoms with Gasteiger partial charge in [-0.05, 0) is 39.9 Å². The van der Waals surface area contributed by atoms with Crippen molar-refractivity contribution in [1.29, 1.82) is 0 Å². The van der Waals surface area contributed by atoms with E-state index in [1.54, 1.807) is 11.1 Å². The summed E-state index contributed by atoms with van der Waals surface area (Å²) in [5.74, 6) is -0.0214. The van der Waals surface area contributed by atoms with E-state index in [9.17, 15) is 15.0 Å². The number of halogens is 1. The molecule has 0 fully saturated rings. The quantitative estimate of drug-likeness (QED) is 0.610. The minimum Gasteiger partial charge on any atom is -0.504 e. The van der Waals surface area contributed by atoms with Gasteiger partial charge in [0, 0.05) is 10.8 Å². The summed E-state index contributed by atoms with van der Waals surface area (Å²) in [6, 6.07) is 10.4. The molecule has 138 valence electrons. The number of phenols is 2. The fourth-order valence-electron chi connectivity index (χ4n) is 3.00. The summed E-state index contributed by atoms with van der Waals surface area (Å²) in [5, 5.41) is 30.7. The van der Waals surface area contributed by atoms with Gasteiger partial charge >= 0.3 is 0 Å². The van der Waals surface area contributed by atoms with Crippen molar-refractivity contribution in [1.82, 2.24) is 10.3 Å². The summed E-state index contributed by atoms with van der Waals surface area (Å²) in [6.07, 6.45) is -0.656. The van der Waals surface area contributed by atoms with Crippen LogP contribution in [-0.2, 0) is 4.79 Å². The number of fused-ring (bicyclic) bond motifs is 2. The van der Waals surface area contributed by atoms with E-state index in [1.807, 2.05) is 31.2 Å². The maximum atomic E-state index is 12.8. The third-order valence-electron chi connectivity index (χ3n) is 4.16. The molecule has 0 aliphatic carbocycles. The Bertz CT molecular complexity index is 1080. The van der Waals surface area contributed by atoms with Gasteiger partial charge in [0.1, 0.15) is 5.70 Å². The average molecular weight is 447 g/mol. The number of carbonyl (C=O) groups is 1. The molecule has 2 aliphatic rings. The van der Waals surface area contributed by atoms with Crippen molar-refractivity contribution in [2.75, 3.05) is 5.75 Å². The van der Waals surface area contributed by atoms with Gasteiger partial charge in [0.2, 0.25) is 0 Å². The summed E-state index contributed by atoms with van der Waals surface area (Å²) in [5.41, 5.74) is 0.984. The van der Waals surface area contributed by atoms with Gasteiger partial charge in [0.25, 0.3) is 5.91 Å². The summed E-state index contributed by atoms with van der Waals surface area (Å²) >= 11 is 4.66. The van der Waals surface area contributed by atoms with Crippen LogP contribution in [0.25, 0.3) is 5.70 Å². The third-order valence-corrected chi connectivity index (χ3v) is 5.51. The molecular weight excluding hydrogens is 432 g/mol. The molecule has 27 heavy (non-hydrogen) atoms. The number of carbonyl (C=O) groups excluding carboxylic acids is 1. The third kappa shape index (κ3) is 3.06. The van der Waals surface area contributed by atoms with Crippen LogP contribution in [0.4, 0.5) is 0 Å². The molecule has 2 aromatic carbocycles. The standard InChI is InChI=1S/C18H15BrN4O3S/c1-2-27-18-21-17(26)14-10-5-3-4-6-12(10)20-16(23(14)22-18)9-7-11(19)15(25)13(24)8-9/h3-8,16,24-25H,2H2,1H3,(H,21,22,26). The fraction of sp³-hybridized carbons (Fsp3) is 0.167. The van der Waals surface area contributed by atoms with Gasteiger partial charge in [-0.1, -0.05) is 36.9 Å². The minimum absolute atomic E-state index is 0.249. The van der Waals surface area contributed by atoms with Gasteiger partial charge in [-0.15, -0.1) is 5.10 Å². The number of para-hydroxylation sites is 1. The number of rotatable bonds is 2. The van der Waals surface area contributed by atoms with Gasteiger partial charge in [-0.3, -0.25) is 15.1 Å². The van der Waals surface area contributed by atoms with Crippen molar-refractivity contribution in [2.24, 2.45) is 10.1 Å². The van der Waals surface area contributed by atoms with E-state index < -0.39 is 6.17 Å². The summed E-state index contributed by atoms with van der Waals surface area (Å²) < 4.78 is 0.335. The highest BCUT2D eigenvalue weighted by Crippen LogP contribution is 2.39. The number of phenolic OH excluding ortho intramolecular Hbond substituents is 2. The first-order chi connectivity index (χ1) is 13.0. The average Bonchev–Trinajstić information content (AvgIpc) is 2.65. The number of amides is 1. The second kappa shape index (κ2) is 6.90. The number of hydrogen-bond acceptors (Lipinski definition) is 7. The Morgan fingerprint density at radius 2 is 2.07 bits per heavy atom. The van der Waals surface area contributed by atoms with Crippen LogP contribution in [0, 0.1) is 0 Å². The number of hydrazone groups is 1. The molecule has 9 heteroatoms. The molecule has 1 atom stereocenters. The van der Waals surface area contributed by atoms with Crippen LogP contribution in [0.1, 0.15) is 18.7 Å². The molecule has 0 radical (unpaired) electrons. The highest BCUT2D eigenvalue weighted by atomic mass is 79.9. The summed E-state index contributed by atoms with van der Waals surface area (Å²) in [6.45, 7) is 1.97. The lowest BCUT2D eigenvalue weighted by molar-refractivity contribution is -0.116. The van der Waals surface area contributed by atoms with Gasteiger partial charge in [0.15, 0.2) is 22.8 Å². The lowest BCUT2D eigenvalue weighted by Crippen LogP contribution is -2.50. The molecule has 0 spiro atoms. The number of aromatic hydroxyl groups is 2. The molecule has 0 saturated carbocycles. The van der Waals surface area contributed by atoms with Crippen molar-refractivity contribution in [3.05, 3.63) is 57.0 Å². The number of nitrogens with one attached hydrogen (secondary N) is 1. The van der Waals surface area contributed by atoms with Gasteiger partial charge in [-0.2, -0.15) is 0 Å². The zero-order chi connectivity index (χ0) is 19.1. The molecule has 0 saturated heterocycles. The SMILES string of the molecule is CCSC1=NN2C(=c3ccccc3=NC2c2cc(O)c(O)c(Br)c2)C(=O)N1. The van der Waals surface area contributed by atoms with Crippen LogP contribution in [0.5, 0.6) is 11.5 Å². The Kier molecular flexibility index (Phi) is 4.56. The highest BCUT2D eigenvalue weighted by Gasteiger charge is 2.34. The van der Waals surface area contributed by atoms with Crippen molar-refractivity contribution in [3.8, 4) is 11.5 Å². The van der Waals surface area contributed by atoms with Crippen molar-refractivity contribution in [3.63, 3.8) is 0 Å². The lowest BCUT2D eigenvalue weighted by Gasteiger charge is -2.34. The first-order valence-corrected chi connectivity index (χ1v) is 9.98. The number of amidine groups is 1. The molecule has 2 aromatic rings. The van der Waals surface area contributed by atoms with E-state index >= 15 is 0 Å². The van der Waals surface area contributed by atoms with E-state index in [0.29, 0.717) is 31.5 Å². The lowest BCUT2D eigenvalue weighted by atomic mass is 10.1. The van der Waals surface area contributed by atoms with Gasteiger partial charge in [0.05, 0.1) is 9.83 Å². The molecule has 3 N–H and O–H groups in total. The minimum atomic E-state index is -0.656. The summed E-state index contributed by atoms with van der Waals surface area (Å²) in [4.78, 5) is 17.6. The van der Waals surface area contributed by atoms with E-state index in [1.165, 1.54) is 17.8 Å². The monoisotopic (exact) mass is 446 g/mol. The smallest absolute Gasteiger partial charge is 0.276 e. The first-order valence-electron chi connectivity index (χ1n) is 8.20. The van der Waals surface area contributed by atoms with E-state index in [-0.39, 0.29) is 17.4 Å². The second-order valence-corrected chi connectivity index (χ2v) is 7.98. The molecule has 1 unspecified atom stereocenters. The van der Waals surface area contributed by atoms with E-state index in [4.69, 9.17) is 4.99 Å². The fourth-order valence-corrected chi connectivity index (χ4v) is 4.05. The zero-order valence-electron chi connectivity index (χ0n) is 14.2. The number of nitrogens with zero attached hydrogens (tertiary/aromatic N) is 3. The topological polar surface area (TPSA) is 97.5 Å². The molecule has 4 rings (SSSR count). The summed E-state index contributed by atoms with van der Waals surface area (Å²) in [7, 11) is 0. The maximum Gasteiger partial charge on any atom is 0.276 e. The Labute approximate surface area is 167 Å². The van der Waals surface area contributed by atoms with Crippen molar-refractivity contribution >= 4 is 44.5 Å². The highest BCUT2D eigenvalue weighted by molar-refractivity contribution is 9.10. The Balaban J connectivity index is 1.96. The molecule has 2 heterocycles. The predicted octanol–water partition coefficient (Wildman–Crippen LogP) is 1.76. The number of benzene rings is 2. The normalized spacial score (nSPS) is 18.2. The second-order valence-electron chi connectivity index (χ2n) is 5.88. The van der Waals surface area contributed by atoms with E-state index in [0.717, 1.165) is 5.75 Å². The largest absolute Gasteiger partial charge is 0.504 e.